The first-order valence-corrected chi connectivity index (χ1v) is 9.40. The molecule has 8 heteroatoms. The molecule has 0 unspecified atom stereocenters. The lowest BCUT2D eigenvalue weighted by atomic mass is 10.1. The highest BCUT2D eigenvalue weighted by Crippen LogP contribution is 2.39. The molecule has 0 atom stereocenters. The second-order valence-electron chi connectivity index (χ2n) is 6.40. The number of nitrogens with zero attached hydrogens (tertiary/aromatic N) is 2. The fourth-order valence-electron chi connectivity index (χ4n) is 3.24. The molecule has 1 heterocycles. The second-order valence-corrected chi connectivity index (χ2v) is 6.84. The van der Waals surface area contributed by atoms with E-state index in [-0.39, 0.29) is 31.4 Å². The summed E-state index contributed by atoms with van der Waals surface area (Å²) >= 11 is 6.08. The minimum Gasteiger partial charge on any atom is -0.395 e. The maximum Gasteiger partial charge on any atom is 0.257 e. The summed E-state index contributed by atoms with van der Waals surface area (Å²) in [6, 6.07) is 11.9. The minimum atomic E-state index is -0.309. The standard InChI is InChI=1S/C20H22ClN3O4/c21-14-5-6-18-16(13-14)22-20(28)15-3-1-2-4-17(15)24(18)19(27)7-8-23(9-11-25)10-12-26/h1-6,13,25-26H,7-12H2,(H,22,28). The zero-order chi connectivity index (χ0) is 20.1. The number of aliphatic hydroxyl groups is 2. The summed E-state index contributed by atoms with van der Waals surface area (Å²) in [5.74, 6) is -0.509. The lowest BCUT2D eigenvalue weighted by Crippen LogP contribution is -2.35. The lowest BCUT2D eigenvalue weighted by molar-refractivity contribution is -0.118. The third-order valence-electron chi connectivity index (χ3n) is 4.56. The Kier molecular flexibility index (Phi) is 6.64. The van der Waals surface area contributed by atoms with Gasteiger partial charge in [0.2, 0.25) is 5.91 Å². The van der Waals surface area contributed by atoms with Crippen molar-refractivity contribution in [2.24, 2.45) is 0 Å². The molecule has 0 aromatic heterocycles. The van der Waals surface area contributed by atoms with Gasteiger partial charge in [-0.1, -0.05) is 23.7 Å². The molecule has 0 spiro atoms. The van der Waals surface area contributed by atoms with Crippen LogP contribution in [-0.4, -0.2) is 59.8 Å². The van der Waals surface area contributed by atoms with E-state index in [0.717, 1.165) is 0 Å². The van der Waals surface area contributed by atoms with Gasteiger partial charge in [-0.3, -0.25) is 19.4 Å². The highest BCUT2D eigenvalue weighted by Gasteiger charge is 2.29. The van der Waals surface area contributed by atoms with Crippen LogP contribution in [0.15, 0.2) is 42.5 Å². The van der Waals surface area contributed by atoms with Gasteiger partial charge in [0, 0.05) is 31.1 Å². The molecule has 7 nitrogen and oxygen atoms in total. The van der Waals surface area contributed by atoms with Crippen LogP contribution in [0.4, 0.5) is 17.1 Å². The number of hydrogen-bond donors (Lipinski definition) is 3. The van der Waals surface area contributed by atoms with E-state index in [0.29, 0.717) is 47.3 Å². The maximum atomic E-state index is 13.2. The Morgan fingerprint density at radius 2 is 1.75 bits per heavy atom. The molecule has 2 aromatic rings. The minimum absolute atomic E-state index is 0.0551. The zero-order valence-electron chi connectivity index (χ0n) is 15.3. The predicted molar refractivity (Wildman–Crippen MR) is 108 cm³/mol. The van der Waals surface area contributed by atoms with E-state index in [1.807, 2.05) is 4.90 Å². The van der Waals surface area contributed by atoms with E-state index in [1.165, 1.54) is 4.90 Å². The Morgan fingerprint density at radius 3 is 2.46 bits per heavy atom. The number of carbonyl (C=O) groups is 2. The second kappa shape index (κ2) is 9.16. The molecule has 0 bridgehead atoms. The Bertz CT molecular complexity index is 868. The molecule has 28 heavy (non-hydrogen) atoms. The van der Waals surface area contributed by atoms with Crippen LogP contribution in [-0.2, 0) is 4.79 Å². The average molecular weight is 404 g/mol. The van der Waals surface area contributed by atoms with E-state index in [1.54, 1.807) is 42.5 Å². The number of halogens is 1. The van der Waals surface area contributed by atoms with E-state index in [4.69, 9.17) is 21.8 Å². The quantitative estimate of drug-likeness (QED) is 0.659. The van der Waals surface area contributed by atoms with Crippen LogP contribution in [0.25, 0.3) is 0 Å². The first kappa shape index (κ1) is 20.3. The number of rotatable bonds is 7. The fraction of sp³-hybridized carbons (Fsp3) is 0.300. The monoisotopic (exact) mass is 403 g/mol. The highest BCUT2D eigenvalue weighted by atomic mass is 35.5. The Morgan fingerprint density at radius 1 is 1.04 bits per heavy atom. The van der Waals surface area contributed by atoms with Crippen LogP contribution in [0.5, 0.6) is 0 Å². The smallest absolute Gasteiger partial charge is 0.257 e. The van der Waals surface area contributed by atoms with Crippen LogP contribution in [0.2, 0.25) is 5.02 Å². The Balaban J connectivity index is 1.95. The van der Waals surface area contributed by atoms with E-state index in [9.17, 15) is 9.59 Å². The topological polar surface area (TPSA) is 93.1 Å². The highest BCUT2D eigenvalue weighted by molar-refractivity contribution is 6.31. The predicted octanol–water partition coefficient (Wildman–Crippen LogP) is 2.25. The summed E-state index contributed by atoms with van der Waals surface area (Å²) in [4.78, 5) is 29.1. The lowest BCUT2D eigenvalue weighted by Gasteiger charge is -2.26. The van der Waals surface area contributed by atoms with Gasteiger partial charge in [-0.15, -0.1) is 0 Å². The number of amides is 2. The molecule has 1 aliphatic heterocycles. The zero-order valence-corrected chi connectivity index (χ0v) is 16.0. The van der Waals surface area contributed by atoms with Crippen molar-refractivity contribution in [3.63, 3.8) is 0 Å². The largest absolute Gasteiger partial charge is 0.395 e. The average Bonchev–Trinajstić information content (AvgIpc) is 2.80. The van der Waals surface area contributed by atoms with Gasteiger partial charge >= 0.3 is 0 Å². The van der Waals surface area contributed by atoms with Crippen LogP contribution in [0, 0.1) is 0 Å². The fourth-order valence-corrected chi connectivity index (χ4v) is 3.41. The van der Waals surface area contributed by atoms with Gasteiger partial charge < -0.3 is 15.5 Å². The van der Waals surface area contributed by atoms with Gasteiger partial charge in [0.15, 0.2) is 0 Å². The van der Waals surface area contributed by atoms with Gasteiger partial charge in [-0.2, -0.15) is 0 Å². The SMILES string of the molecule is O=C1Nc2cc(Cl)ccc2N(C(=O)CCN(CCO)CCO)c2ccccc21. The molecule has 3 N–H and O–H groups in total. The number of carbonyl (C=O) groups excluding carboxylic acids is 2. The molecule has 0 radical (unpaired) electrons. The van der Waals surface area contributed by atoms with Crippen molar-refractivity contribution >= 4 is 40.5 Å². The first-order valence-electron chi connectivity index (χ1n) is 9.02. The Hall–Kier alpha value is -2.45. The van der Waals surface area contributed by atoms with Gasteiger partial charge in [0.25, 0.3) is 5.91 Å². The van der Waals surface area contributed by atoms with Crippen molar-refractivity contribution in [3.8, 4) is 0 Å². The number of hydrogen-bond acceptors (Lipinski definition) is 5. The number of nitrogens with one attached hydrogen (secondary N) is 1. The van der Waals surface area contributed by atoms with Crippen molar-refractivity contribution in [1.82, 2.24) is 4.90 Å². The van der Waals surface area contributed by atoms with Gasteiger partial charge in [-0.25, -0.2) is 0 Å². The van der Waals surface area contributed by atoms with E-state index in [2.05, 4.69) is 5.32 Å². The molecular formula is C20H22ClN3O4. The molecule has 1 aliphatic rings. The summed E-state index contributed by atoms with van der Waals surface area (Å²) in [6.45, 7) is 1.01. The Labute approximate surface area is 168 Å². The van der Waals surface area contributed by atoms with Crippen LogP contribution in [0.3, 0.4) is 0 Å². The van der Waals surface area contributed by atoms with Crippen LogP contribution in [0.1, 0.15) is 16.8 Å². The normalized spacial score (nSPS) is 13.0. The van der Waals surface area contributed by atoms with Crippen molar-refractivity contribution in [2.45, 2.75) is 6.42 Å². The van der Waals surface area contributed by atoms with Crippen molar-refractivity contribution in [2.75, 3.05) is 43.1 Å². The summed E-state index contributed by atoms with van der Waals surface area (Å²) < 4.78 is 0. The van der Waals surface area contributed by atoms with Gasteiger partial charge in [-0.05, 0) is 30.3 Å². The number of anilines is 3. The summed E-state index contributed by atoms with van der Waals surface area (Å²) in [5, 5.41) is 21.6. The first-order chi connectivity index (χ1) is 13.5. The molecule has 0 saturated heterocycles. The van der Waals surface area contributed by atoms with Gasteiger partial charge in [0.05, 0.1) is 35.8 Å². The molecule has 2 amide bonds. The third-order valence-corrected chi connectivity index (χ3v) is 4.80. The molecule has 0 saturated carbocycles. The molecule has 0 aliphatic carbocycles. The van der Waals surface area contributed by atoms with Crippen LogP contribution < -0.4 is 10.2 Å². The number of fused-ring (bicyclic) bond motifs is 2. The van der Waals surface area contributed by atoms with E-state index >= 15 is 0 Å². The summed E-state index contributed by atoms with van der Waals surface area (Å²) in [5.41, 5.74) is 1.90. The summed E-state index contributed by atoms with van der Waals surface area (Å²) in [7, 11) is 0. The maximum absolute atomic E-state index is 13.2. The molecular weight excluding hydrogens is 382 g/mol. The third kappa shape index (κ3) is 4.34. The van der Waals surface area contributed by atoms with Crippen molar-refractivity contribution in [1.29, 1.82) is 0 Å². The summed E-state index contributed by atoms with van der Waals surface area (Å²) in [6.07, 6.45) is 0.157. The van der Waals surface area contributed by atoms with Crippen LogP contribution >= 0.6 is 11.6 Å². The molecule has 148 valence electrons. The van der Waals surface area contributed by atoms with Crippen molar-refractivity contribution in [3.05, 3.63) is 53.1 Å². The van der Waals surface area contributed by atoms with Crippen molar-refractivity contribution < 1.29 is 19.8 Å². The van der Waals surface area contributed by atoms with E-state index < -0.39 is 0 Å². The molecule has 0 fully saturated rings. The van der Waals surface area contributed by atoms with Gasteiger partial charge in [0.1, 0.15) is 0 Å². The number of para-hydroxylation sites is 1. The molecule has 2 aromatic carbocycles. The number of aliphatic hydroxyl groups excluding tert-OH is 2. The molecule has 3 rings (SSSR count). The number of benzene rings is 2.